The monoisotopic (exact) mass is 424 g/mol. The summed E-state index contributed by atoms with van der Waals surface area (Å²) < 4.78 is 6.11. The van der Waals surface area contributed by atoms with Gasteiger partial charge in [-0.3, -0.25) is 4.79 Å². The molecule has 0 radical (unpaired) electrons. The Kier molecular flexibility index (Phi) is 5.12. The smallest absolute Gasteiger partial charge is 0.253 e. The zero-order valence-electron chi connectivity index (χ0n) is 16.7. The number of amides is 1. The predicted molar refractivity (Wildman–Crippen MR) is 115 cm³/mol. The van der Waals surface area contributed by atoms with Crippen molar-refractivity contribution in [2.75, 3.05) is 19.3 Å². The molecule has 1 saturated carbocycles. The van der Waals surface area contributed by atoms with Crippen LogP contribution in [0.4, 0.5) is 0 Å². The number of aliphatic hydroxyl groups excluding tert-OH is 1. The third-order valence-electron chi connectivity index (χ3n) is 6.28. The second-order valence-corrected chi connectivity index (χ2v) is 9.01. The minimum absolute atomic E-state index is 0.00825. The molecule has 2 fully saturated rings. The van der Waals surface area contributed by atoms with Crippen LogP contribution < -0.4 is 4.74 Å². The van der Waals surface area contributed by atoms with Gasteiger partial charge in [-0.25, -0.2) is 0 Å². The summed E-state index contributed by atoms with van der Waals surface area (Å²) in [5.41, 5.74) is 2.06. The van der Waals surface area contributed by atoms with Crippen LogP contribution in [0.1, 0.15) is 23.2 Å². The summed E-state index contributed by atoms with van der Waals surface area (Å²) in [6.07, 6.45) is 2.69. The fraction of sp³-hybridized carbons (Fsp3) is 0.409. The molecule has 1 aliphatic carbocycles. The van der Waals surface area contributed by atoms with E-state index in [4.69, 9.17) is 4.74 Å². The molecular weight excluding hydrogens is 400 g/mol. The topological polar surface area (TPSA) is 91.3 Å². The van der Waals surface area contributed by atoms with Gasteiger partial charge in [-0.05, 0) is 73.4 Å². The summed E-state index contributed by atoms with van der Waals surface area (Å²) in [6.45, 7) is 1.37. The third kappa shape index (κ3) is 3.65. The average Bonchev–Trinajstić information content (AvgIpc) is 3.40. The van der Waals surface area contributed by atoms with Gasteiger partial charge >= 0.3 is 0 Å². The zero-order chi connectivity index (χ0) is 20.7. The molecule has 0 spiro atoms. The highest BCUT2D eigenvalue weighted by molar-refractivity contribution is 7.98. The number of carbonyl (C=O) groups is 1. The van der Waals surface area contributed by atoms with Gasteiger partial charge in [-0.1, -0.05) is 0 Å². The largest absolute Gasteiger partial charge is 0.488 e. The summed E-state index contributed by atoms with van der Waals surface area (Å²) in [4.78, 5) is 16.1. The molecule has 0 unspecified atom stereocenters. The van der Waals surface area contributed by atoms with Crippen molar-refractivity contribution in [3.05, 3.63) is 48.0 Å². The van der Waals surface area contributed by atoms with Crippen LogP contribution >= 0.6 is 11.8 Å². The summed E-state index contributed by atoms with van der Waals surface area (Å²) in [7, 11) is 0. The van der Waals surface area contributed by atoms with E-state index in [1.54, 1.807) is 23.9 Å². The van der Waals surface area contributed by atoms with Crippen LogP contribution in [0.3, 0.4) is 0 Å². The number of aromatic nitrogens is 3. The number of rotatable bonds is 4. The molecular formula is C22H24N4O3S. The van der Waals surface area contributed by atoms with Crippen molar-refractivity contribution in [3.8, 4) is 5.75 Å². The summed E-state index contributed by atoms with van der Waals surface area (Å²) in [6, 6.07) is 13.4. The van der Waals surface area contributed by atoms with Crippen molar-refractivity contribution in [1.82, 2.24) is 20.3 Å². The molecule has 3 aromatic rings. The number of benzene rings is 2. The fourth-order valence-electron chi connectivity index (χ4n) is 4.67. The highest BCUT2D eigenvalue weighted by Crippen LogP contribution is 2.38. The van der Waals surface area contributed by atoms with E-state index in [-0.39, 0.29) is 12.0 Å². The van der Waals surface area contributed by atoms with Crippen LogP contribution in [0.15, 0.2) is 47.4 Å². The second kappa shape index (κ2) is 7.92. The Morgan fingerprint density at radius 1 is 1.10 bits per heavy atom. The summed E-state index contributed by atoms with van der Waals surface area (Å²) in [5, 5.41) is 21.4. The number of hydrogen-bond donors (Lipinski definition) is 2. The molecule has 5 rings (SSSR count). The Balaban J connectivity index is 1.26. The van der Waals surface area contributed by atoms with Crippen molar-refractivity contribution >= 4 is 28.7 Å². The minimum atomic E-state index is -0.520. The van der Waals surface area contributed by atoms with Gasteiger partial charge in [0.05, 0.1) is 6.10 Å². The Morgan fingerprint density at radius 2 is 1.83 bits per heavy atom. The normalized spacial score (nSPS) is 26.0. The molecule has 2 aromatic carbocycles. The highest BCUT2D eigenvalue weighted by atomic mass is 32.2. The number of thioether (sulfide) groups is 1. The molecule has 1 saturated heterocycles. The molecule has 156 valence electrons. The number of likely N-dealkylation sites (tertiary alicyclic amines) is 1. The number of hydrogen-bond acceptors (Lipinski definition) is 6. The molecule has 2 heterocycles. The number of nitrogens with zero attached hydrogens (tertiary/aromatic N) is 3. The van der Waals surface area contributed by atoms with E-state index in [1.807, 2.05) is 41.5 Å². The number of ether oxygens (including phenoxy) is 1. The molecule has 2 aliphatic rings. The van der Waals surface area contributed by atoms with Crippen LogP contribution in [0.5, 0.6) is 5.75 Å². The van der Waals surface area contributed by atoms with Crippen LogP contribution in [0.2, 0.25) is 0 Å². The van der Waals surface area contributed by atoms with Gasteiger partial charge in [0.25, 0.3) is 5.91 Å². The molecule has 1 aromatic heterocycles. The number of fused-ring (bicyclic) bond motifs is 2. The van der Waals surface area contributed by atoms with E-state index in [0.29, 0.717) is 42.4 Å². The number of aromatic amines is 1. The summed E-state index contributed by atoms with van der Waals surface area (Å²) in [5.74, 6) is 1.43. The van der Waals surface area contributed by atoms with Crippen molar-refractivity contribution in [2.24, 2.45) is 11.8 Å². The van der Waals surface area contributed by atoms with Gasteiger partial charge in [0, 0.05) is 23.5 Å². The van der Waals surface area contributed by atoms with Crippen LogP contribution in [-0.2, 0) is 0 Å². The van der Waals surface area contributed by atoms with Gasteiger partial charge in [-0.2, -0.15) is 15.4 Å². The third-order valence-corrected chi connectivity index (χ3v) is 7.03. The first kappa shape index (κ1) is 19.4. The maximum Gasteiger partial charge on any atom is 0.253 e. The SMILES string of the molecule is CSc1ccc(O[C@@H]2C[C@@H]3CN(C(=O)c4ccc5n[nH]nc5c4)C[C@@H]3C[C@H]2O)cc1. The maximum absolute atomic E-state index is 13.0. The van der Waals surface area contributed by atoms with Gasteiger partial charge < -0.3 is 14.7 Å². The molecule has 1 aliphatic heterocycles. The van der Waals surface area contributed by atoms with Crippen molar-refractivity contribution in [1.29, 1.82) is 0 Å². The first-order valence-electron chi connectivity index (χ1n) is 10.2. The molecule has 30 heavy (non-hydrogen) atoms. The minimum Gasteiger partial charge on any atom is -0.488 e. The lowest BCUT2D eigenvalue weighted by Gasteiger charge is -2.35. The predicted octanol–water partition coefficient (Wildman–Crippen LogP) is 2.97. The van der Waals surface area contributed by atoms with E-state index < -0.39 is 6.10 Å². The highest BCUT2D eigenvalue weighted by Gasteiger charge is 2.44. The molecule has 0 bridgehead atoms. The Bertz CT molecular complexity index is 1050. The molecule has 7 nitrogen and oxygen atoms in total. The van der Waals surface area contributed by atoms with Gasteiger partial charge in [-0.15, -0.1) is 11.8 Å². The molecule has 8 heteroatoms. The average molecular weight is 425 g/mol. The molecule has 1 amide bonds. The number of carbonyl (C=O) groups excluding carboxylic acids is 1. The first-order chi connectivity index (χ1) is 14.6. The van der Waals surface area contributed by atoms with Crippen LogP contribution in [0, 0.1) is 11.8 Å². The zero-order valence-corrected chi connectivity index (χ0v) is 17.5. The molecule has 2 N–H and O–H groups in total. The van der Waals surface area contributed by atoms with E-state index >= 15 is 0 Å². The van der Waals surface area contributed by atoms with Crippen molar-refractivity contribution in [2.45, 2.75) is 29.9 Å². The fourth-order valence-corrected chi connectivity index (χ4v) is 5.08. The lowest BCUT2D eigenvalue weighted by molar-refractivity contribution is -0.0231. The lowest BCUT2D eigenvalue weighted by Crippen LogP contribution is -2.42. The number of nitrogens with one attached hydrogen (secondary N) is 1. The van der Waals surface area contributed by atoms with Crippen molar-refractivity contribution < 1.29 is 14.6 Å². The Hall–Kier alpha value is -2.58. The number of H-pyrrole nitrogens is 1. The van der Waals surface area contributed by atoms with Crippen LogP contribution in [0.25, 0.3) is 11.0 Å². The van der Waals surface area contributed by atoms with E-state index in [0.717, 1.165) is 17.7 Å². The van der Waals surface area contributed by atoms with Gasteiger partial charge in [0.1, 0.15) is 22.9 Å². The van der Waals surface area contributed by atoms with E-state index in [9.17, 15) is 9.90 Å². The van der Waals surface area contributed by atoms with Crippen LogP contribution in [-0.4, -0.2) is 62.9 Å². The summed E-state index contributed by atoms with van der Waals surface area (Å²) >= 11 is 1.69. The maximum atomic E-state index is 13.0. The number of aliphatic hydroxyl groups is 1. The van der Waals surface area contributed by atoms with E-state index in [1.165, 1.54) is 4.90 Å². The van der Waals surface area contributed by atoms with Crippen molar-refractivity contribution in [3.63, 3.8) is 0 Å². The lowest BCUT2D eigenvalue weighted by atomic mass is 9.78. The van der Waals surface area contributed by atoms with Gasteiger partial charge in [0.15, 0.2) is 0 Å². The first-order valence-corrected chi connectivity index (χ1v) is 11.4. The Labute approximate surface area is 178 Å². The quantitative estimate of drug-likeness (QED) is 0.626. The van der Waals surface area contributed by atoms with Gasteiger partial charge in [0.2, 0.25) is 0 Å². The second-order valence-electron chi connectivity index (χ2n) is 8.13. The molecule has 4 atom stereocenters. The Morgan fingerprint density at radius 3 is 2.60 bits per heavy atom. The van der Waals surface area contributed by atoms with E-state index in [2.05, 4.69) is 15.4 Å². The standard InChI is InChI=1S/C22H24N4O3S/c1-30-17-5-3-16(4-6-17)29-21-10-15-12-26(11-14(15)9-20(21)27)22(28)13-2-7-18-19(8-13)24-25-23-18/h2-8,14-15,20-21,27H,9-12H2,1H3,(H,23,24,25)/t14-,15+,20+,21+/m0/s1.